The van der Waals surface area contributed by atoms with Crippen LogP contribution in [0.25, 0.3) is 22.9 Å². The van der Waals surface area contributed by atoms with Gasteiger partial charge in [-0.2, -0.15) is 0 Å². The first-order valence-electron chi connectivity index (χ1n) is 8.97. The molecule has 7 heteroatoms. The zero-order chi connectivity index (χ0) is 19.5. The summed E-state index contributed by atoms with van der Waals surface area (Å²) in [5.74, 6) is 1.53. The van der Waals surface area contributed by atoms with Crippen molar-refractivity contribution in [2.45, 2.75) is 26.9 Å². The van der Waals surface area contributed by atoms with Crippen molar-refractivity contribution in [3.05, 3.63) is 71.9 Å². The van der Waals surface area contributed by atoms with Gasteiger partial charge < -0.3 is 18.7 Å². The van der Waals surface area contributed by atoms with Gasteiger partial charge in [-0.3, -0.25) is 4.79 Å². The zero-order valence-corrected chi connectivity index (χ0v) is 15.7. The van der Waals surface area contributed by atoms with E-state index in [0.717, 1.165) is 22.5 Å². The maximum Gasteiger partial charge on any atom is 0.249 e. The fourth-order valence-electron chi connectivity index (χ4n) is 3.09. The molecule has 1 amide bonds. The molecule has 0 saturated carbocycles. The van der Waals surface area contributed by atoms with Crippen LogP contribution in [0.4, 0.5) is 0 Å². The monoisotopic (exact) mass is 376 g/mol. The number of aryl methyl sites for hydroxylation is 1. The van der Waals surface area contributed by atoms with Gasteiger partial charge in [0.15, 0.2) is 0 Å². The predicted molar refractivity (Wildman–Crippen MR) is 103 cm³/mol. The Morgan fingerprint density at radius 2 is 1.86 bits per heavy atom. The number of hydrogen-bond acceptors (Lipinski definition) is 5. The molecule has 4 aromatic rings. The Morgan fingerprint density at radius 1 is 1.07 bits per heavy atom. The molecule has 28 heavy (non-hydrogen) atoms. The van der Waals surface area contributed by atoms with Gasteiger partial charge in [0.2, 0.25) is 17.7 Å². The molecule has 142 valence electrons. The molecule has 1 aromatic carbocycles. The normalized spacial score (nSPS) is 10.9. The number of nitrogens with zero attached hydrogens (tertiary/aromatic N) is 3. The average Bonchev–Trinajstić information content (AvgIpc) is 3.45. The number of benzene rings is 1. The first-order valence-corrected chi connectivity index (χ1v) is 8.97. The summed E-state index contributed by atoms with van der Waals surface area (Å²) in [6.07, 6.45) is 1.59. The van der Waals surface area contributed by atoms with Crippen LogP contribution in [0.3, 0.4) is 0 Å². The van der Waals surface area contributed by atoms with Crippen LogP contribution in [0.1, 0.15) is 17.1 Å². The van der Waals surface area contributed by atoms with Crippen molar-refractivity contribution in [2.24, 2.45) is 0 Å². The zero-order valence-electron chi connectivity index (χ0n) is 15.7. The summed E-state index contributed by atoms with van der Waals surface area (Å²) in [6, 6.07) is 15.2. The van der Waals surface area contributed by atoms with E-state index in [0.29, 0.717) is 24.1 Å². The summed E-state index contributed by atoms with van der Waals surface area (Å²) in [5.41, 5.74) is 3.53. The van der Waals surface area contributed by atoms with Crippen LogP contribution >= 0.6 is 0 Å². The van der Waals surface area contributed by atoms with Crippen molar-refractivity contribution in [1.82, 2.24) is 20.1 Å². The minimum absolute atomic E-state index is 0.0970. The van der Waals surface area contributed by atoms with Crippen molar-refractivity contribution in [3.63, 3.8) is 0 Å². The van der Waals surface area contributed by atoms with Gasteiger partial charge in [-0.05, 0) is 44.2 Å². The SMILES string of the molecule is Cc1cc(-c2nnc(-c3ccccc3)o2)c(C)n1CC(=O)NCc1ccco1. The van der Waals surface area contributed by atoms with Crippen molar-refractivity contribution >= 4 is 5.91 Å². The Kier molecular flexibility index (Phi) is 4.80. The summed E-state index contributed by atoms with van der Waals surface area (Å²) in [4.78, 5) is 12.3. The summed E-state index contributed by atoms with van der Waals surface area (Å²) in [6.45, 7) is 4.46. The molecule has 0 atom stereocenters. The second-order valence-corrected chi connectivity index (χ2v) is 6.51. The predicted octanol–water partition coefficient (Wildman–Crippen LogP) is 3.73. The van der Waals surface area contributed by atoms with E-state index < -0.39 is 0 Å². The van der Waals surface area contributed by atoms with Gasteiger partial charge in [0.05, 0.1) is 18.4 Å². The highest BCUT2D eigenvalue weighted by Crippen LogP contribution is 2.28. The maximum atomic E-state index is 12.3. The Bertz CT molecular complexity index is 1080. The van der Waals surface area contributed by atoms with Crippen LogP contribution < -0.4 is 5.32 Å². The smallest absolute Gasteiger partial charge is 0.249 e. The van der Waals surface area contributed by atoms with Crippen LogP contribution in [0, 0.1) is 13.8 Å². The summed E-state index contributed by atoms with van der Waals surface area (Å²) >= 11 is 0. The van der Waals surface area contributed by atoms with Gasteiger partial charge in [-0.1, -0.05) is 18.2 Å². The largest absolute Gasteiger partial charge is 0.467 e. The number of rotatable bonds is 6. The Balaban J connectivity index is 1.51. The fraction of sp³-hybridized carbons (Fsp3) is 0.190. The number of carbonyl (C=O) groups excluding carboxylic acids is 1. The second kappa shape index (κ2) is 7.56. The lowest BCUT2D eigenvalue weighted by molar-refractivity contribution is -0.121. The van der Waals surface area contributed by atoms with E-state index in [-0.39, 0.29) is 12.5 Å². The second-order valence-electron chi connectivity index (χ2n) is 6.51. The molecule has 4 rings (SSSR count). The van der Waals surface area contributed by atoms with E-state index in [4.69, 9.17) is 8.83 Å². The van der Waals surface area contributed by atoms with Crippen molar-refractivity contribution < 1.29 is 13.6 Å². The molecule has 0 aliphatic rings. The molecule has 0 saturated heterocycles. The quantitative estimate of drug-likeness (QED) is 0.554. The third-order valence-electron chi connectivity index (χ3n) is 4.59. The van der Waals surface area contributed by atoms with Gasteiger partial charge >= 0.3 is 0 Å². The minimum atomic E-state index is -0.0970. The van der Waals surface area contributed by atoms with Gasteiger partial charge in [-0.15, -0.1) is 10.2 Å². The van der Waals surface area contributed by atoms with Gasteiger partial charge in [0, 0.05) is 17.0 Å². The molecular weight excluding hydrogens is 356 g/mol. The van der Waals surface area contributed by atoms with Crippen LogP contribution in [-0.2, 0) is 17.9 Å². The van der Waals surface area contributed by atoms with Gasteiger partial charge in [-0.25, -0.2) is 0 Å². The van der Waals surface area contributed by atoms with E-state index >= 15 is 0 Å². The first-order chi connectivity index (χ1) is 13.6. The summed E-state index contributed by atoms with van der Waals surface area (Å²) in [7, 11) is 0. The number of furan rings is 1. The van der Waals surface area contributed by atoms with Crippen LogP contribution in [0.5, 0.6) is 0 Å². The molecule has 0 bridgehead atoms. The first kappa shape index (κ1) is 17.8. The van der Waals surface area contributed by atoms with Crippen molar-refractivity contribution in [2.75, 3.05) is 0 Å². The summed E-state index contributed by atoms with van der Waals surface area (Å²) in [5, 5.41) is 11.2. The van der Waals surface area contributed by atoms with Crippen LogP contribution in [0.15, 0.2) is 63.6 Å². The Morgan fingerprint density at radius 3 is 2.61 bits per heavy atom. The molecule has 1 N–H and O–H groups in total. The highest BCUT2D eigenvalue weighted by Gasteiger charge is 2.18. The van der Waals surface area contributed by atoms with Crippen molar-refractivity contribution in [1.29, 1.82) is 0 Å². The standard InChI is InChI=1S/C21H20N4O3/c1-14-11-18(21-24-23-20(28-21)16-7-4-3-5-8-16)15(2)25(14)13-19(26)22-12-17-9-6-10-27-17/h3-11H,12-13H2,1-2H3,(H,22,26). The number of aromatic nitrogens is 3. The van der Waals surface area contributed by atoms with Crippen molar-refractivity contribution in [3.8, 4) is 22.9 Å². The number of nitrogens with one attached hydrogen (secondary N) is 1. The Hall–Kier alpha value is -3.61. The molecule has 7 nitrogen and oxygen atoms in total. The third-order valence-corrected chi connectivity index (χ3v) is 4.59. The van der Waals surface area contributed by atoms with E-state index in [1.54, 1.807) is 12.3 Å². The number of amides is 1. The van der Waals surface area contributed by atoms with E-state index in [1.807, 2.05) is 60.9 Å². The number of hydrogen-bond donors (Lipinski definition) is 1. The fourth-order valence-corrected chi connectivity index (χ4v) is 3.09. The van der Waals surface area contributed by atoms with Crippen LogP contribution in [-0.4, -0.2) is 20.7 Å². The topological polar surface area (TPSA) is 86.1 Å². The van der Waals surface area contributed by atoms with E-state index in [9.17, 15) is 4.79 Å². The third kappa shape index (κ3) is 3.59. The highest BCUT2D eigenvalue weighted by atomic mass is 16.4. The van der Waals surface area contributed by atoms with Crippen LogP contribution in [0.2, 0.25) is 0 Å². The van der Waals surface area contributed by atoms with E-state index in [1.165, 1.54) is 0 Å². The lowest BCUT2D eigenvalue weighted by Crippen LogP contribution is -2.27. The average molecular weight is 376 g/mol. The molecule has 0 aliphatic carbocycles. The molecule has 3 heterocycles. The summed E-state index contributed by atoms with van der Waals surface area (Å²) < 4.78 is 13.0. The van der Waals surface area contributed by atoms with Gasteiger partial charge in [0.25, 0.3) is 0 Å². The lowest BCUT2D eigenvalue weighted by atomic mass is 10.2. The molecule has 0 fully saturated rings. The Labute approximate surface area is 162 Å². The molecule has 0 spiro atoms. The molecule has 0 aliphatic heterocycles. The maximum absolute atomic E-state index is 12.3. The molecule has 0 radical (unpaired) electrons. The molecule has 3 aromatic heterocycles. The lowest BCUT2D eigenvalue weighted by Gasteiger charge is -2.09. The highest BCUT2D eigenvalue weighted by molar-refractivity contribution is 5.76. The number of carbonyl (C=O) groups is 1. The molecular formula is C21H20N4O3. The van der Waals surface area contributed by atoms with Gasteiger partial charge in [0.1, 0.15) is 12.3 Å². The van der Waals surface area contributed by atoms with E-state index in [2.05, 4.69) is 15.5 Å². The minimum Gasteiger partial charge on any atom is -0.467 e. The molecule has 0 unspecified atom stereocenters.